The molecule has 0 spiro atoms. The maximum atomic E-state index is 5.33. The van der Waals surface area contributed by atoms with Gasteiger partial charge < -0.3 is 4.74 Å². The molecule has 0 bridgehead atoms. The van der Waals surface area contributed by atoms with Gasteiger partial charge in [0.25, 0.3) is 0 Å². The first-order valence-electron chi connectivity index (χ1n) is 5.60. The predicted molar refractivity (Wildman–Crippen MR) is 62.7 cm³/mol. The van der Waals surface area contributed by atoms with E-state index in [-0.39, 0.29) is 0 Å². The first-order chi connectivity index (χ1) is 6.41. The monoisotopic (exact) mass is 204 g/mol. The molecule has 80 valence electrons. The highest BCUT2D eigenvalue weighted by molar-refractivity contribution is 7.80. The van der Waals surface area contributed by atoms with Gasteiger partial charge in [-0.2, -0.15) is 12.6 Å². The summed E-state index contributed by atoms with van der Waals surface area (Å²) in [6, 6.07) is 0. The number of hydrogen-bond acceptors (Lipinski definition) is 2. The summed E-state index contributed by atoms with van der Waals surface area (Å²) in [7, 11) is 0. The molecule has 1 nitrogen and oxygen atoms in total. The molecule has 0 aromatic carbocycles. The van der Waals surface area contributed by atoms with Crippen molar-refractivity contribution in [3.8, 4) is 0 Å². The highest BCUT2D eigenvalue weighted by Gasteiger charge is 1.90. The Hall–Kier alpha value is 0.310. The standard InChI is InChI=1S/C11H24OS/c1-2-3-4-5-6-7-8-9-12-10-11-13/h13H,2-11H2,1H3. The van der Waals surface area contributed by atoms with Crippen LogP contribution >= 0.6 is 12.6 Å². The lowest BCUT2D eigenvalue weighted by molar-refractivity contribution is 0.145. The Labute approximate surface area is 88.7 Å². The molecule has 0 atom stereocenters. The van der Waals surface area contributed by atoms with Gasteiger partial charge in [-0.15, -0.1) is 0 Å². The van der Waals surface area contributed by atoms with Crippen LogP contribution in [0.4, 0.5) is 0 Å². The predicted octanol–water partition coefficient (Wildman–Crippen LogP) is 3.68. The van der Waals surface area contributed by atoms with Crippen LogP contribution in [0.5, 0.6) is 0 Å². The Balaban J connectivity index is 2.76. The Morgan fingerprint density at radius 2 is 1.46 bits per heavy atom. The van der Waals surface area contributed by atoms with E-state index < -0.39 is 0 Å². The molecule has 0 aliphatic heterocycles. The summed E-state index contributed by atoms with van der Waals surface area (Å²) in [4.78, 5) is 0. The lowest BCUT2D eigenvalue weighted by Crippen LogP contribution is -1.97. The molecule has 0 radical (unpaired) electrons. The van der Waals surface area contributed by atoms with Crippen LogP contribution in [0.1, 0.15) is 51.9 Å². The third-order valence-corrected chi connectivity index (χ3v) is 2.31. The van der Waals surface area contributed by atoms with E-state index in [1.165, 1.54) is 44.9 Å². The van der Waals surface area contributed by atoms with E-state index in [2.05, 4.69) is 19.6 Å². The zero-order valence-corrected chi connectivity index (χ0v) is 9.82. The van der Waals surface area contributed by atoms with Gasteiger partial charge in [0.15, 0.2) is 0 Å². The normalized spacial score (nSPS) is 10.6. The van der Waals surface area contributed by atoms with Crippen molar-refractivity contribution in [3.63, 3.8) is 0 Å². The van der Waals surface area contributed by atoms with E-state index in [0.717, 1.165) is 19.0 Å². The van der Waals surface area contributed by atoms with Crippen molar-refractivity contribution in [1.82, 2.24) is 0 Å². The van der Waals surface area contributed by atoms with Crippen LogP contribution in [0.15, 0.2) is 0 Å². The molecular weight excluding hydrogens is 180 g/mol. The molecule has 0 aromatic rings. The molecule has 0 amide bonds. The summed E-state index contributed by atoms with van der Waals surface area (Å²) < 4.78 is 5.33. The fraction of sp³-hybridized carbons (Fsp3) is 1.00. The fourth-order valence-corrected chi connectivity index (χ4v) is 1.46. The highest BCUT2D eigenvalue weighted by atomic mass is 32.1. The number of rotatable bonds is 10. The van der Waals surface area contributed by atoms with Gasteiger partial charge in [0.1, 0.15) is 0 Å². The second kappa shape index (κ2) is 12.3. The van der Waals surface area contributed by atoms with E-state index >= 15 is 0 Å². The van der Waals surface area contributed by atoms with Gasteiger partial charge in [-0.3, -0.25) is 0 Å². The number of hydrogen-bond donors (Lipinski definition) is 1. The SMILES string of the molecule is CCCCCCCCCOCCS. The third-order valence-electron chi connectivity index (χ3n) is 2.13. The zero-order chi connectivity index (χ0) is 9.78. The molecule has 0 saturated heterocycles. The average Bonchev–Trinajstić information content (AvgIpc) is 2.16. The van der Waals surface area contributed by atoms with Crippen molar-refractivity contribution < 1.29 is 4.74 Å². The third kappa shape index (κ3) is 12.3. The average molecular weight is 204 g/mol. The summed E-state index contributed by atoms with van der Waals surface area (Å²) >= 11 is 4.08. The van der Waals surface area contributed by atoms with Crippen LogP contribution < -0.4 is 0 Å². The Morgan fingerprint density at radius 1 is 0.846 bits per heavy atom. The Bertz CT molecular complexity index is 76.2. The number of ether oxygens (including phenoxy) is 1. The minimum atomic E-state index is 0.805. The second-order valence-corrected chi connectivity index (χ2v) is 3.90. The highest BCUT2D eigenvalue weighted by Crippen LogP contribution is 2.06. The van der Waals surface area contributed by atoms with Gasteiger partial charge in [0.05, 0.1) is 6.61 Å². The fourth-order valence-electron chi connectivity index (χ4n) is 1.33. The summed E-state index contributed by atoms with van der Waals surface area (Å²) in [5.41, 5.74) is 0. The zero-order valence-electron chi connectivity index (χ0n) is 8.93. The molecule has 0 unspecified atom stereocenters. The molecule has 13 heavy (non-hydrogen) atoms. The molecule has 0 N–H and O–H groups in total. The minimum absolute atomic E-state index is 0.805. The summed E-state index contributed by atoms with van der Waals surface area (Å²) in [5.74, 6) is 0.844. The second-order valence-electron chi connectivity index (χ2n) is 3.46. The summed E-state index contributed by atoms with van der Waals surface area (Å²) in [5, 5.41) is 0. The van der Waals surface area contributed by atoms with Crippen molar-refractivity contribution in [3.05, 3.63) is 0 Å². The van der Waals surface area contributed by atoms with Crippen LogP contribution in [0.25, 0.3) is 0 Å². The first kappa shape index (κ1) is 13.3. The smallest absolute Gasteiger partial charge is 0.0554 e. The molecule has 0 aromatic heterocycles. The molecule has 0 aliphatic rings. The summed E-state index contributed by atoms with van der Waals surface area (Å²) in [6.45, 7) is 3.98. The maximum Gasteiger partial charge on any atom is 0.0554 e. The molecule has 0 heterocycles. The van der Waals surface area contributed by atoms with Gasteiger partial charge in [-0.25, -0.2) is 0 Å². The summed E-state index contributed by atoms with van der Waals surface area (Å²) in [6.07, 6.45) is 9.48. The van der Waals surface area contributed by atoms with Gasteiger partial charge in [-0.05, 0) is 6.42 Å². The topological polar surface area (TPSA) is 9.23 Å². The van der Waals surface area contributed by atoms with Crippen LogP contribution in [0.3, 0.4) is 0 Å². The maximum absolute atomic E-state index is 5.33. The van der Waals surface area contributed by atoms with Crippen LogP contribution in [-0.2, 0) is 4.74 Å². The molecular formula is C11H24OS. The number of unbranched alkanes of at least 4 members (excludes halogenated alkanes) is 6. The van der Waals surface area contributed by atoms with E-state index in [9.17, 15) is 0 Å². The van der Waals surface area contributed by atoms with E-state index in [0.29, 0.717) is 0 Å². The molecule has 2 heteroatoms. The number of thiol groups is 1. The Morgan fingerprint density at radius 3 is 2.08 bits per heavy atom. The molecule has 0 saturated carbocycles. The van der Waals surface area contributed by atoms with Gasteiger partial charge in [-0.1, -0.05) is 45.4 Å². The van der Waals surface area contributed by atoms with Crippen LogP contribution in [0, 0.1) is 0 Å². The quantitative estimate of drug-likeness (QED) is 0.422. The van der Waals surface area contributed by atoms with Crippen molar-refractivity contribution in [1.29, 1.82) is 0 Å². The molecule has 0 fully saturated rings. The van der Waals surface area contributed by atoms with Gasteiger partial charge in [0, 0.05) is 12.4 Å². The van der Waals surface area contributed by atoms with E-state index in [4.69, 9.17) is 4.74 Å². The molecule has 0 aliphatic carbocycles. The van der Waals surface area contributed by atoms with E-state index in [1.807, 2.05) is 0 Å². The van der Waals surface area contributed by atoms with Crippen LogP contribution in [-0.4, -0.2) is 19.0 Å². The first-order valence-corrected chi connectivity index (χ1v) is 6.23. The Kier molecular flexibility index (Phi) is 12.6. The van der Waals surface area contributed by atoms with Crippen molar-refractivity contribution >= 4 is 12.6 Å². The molecule has 0 rings (SSSR count). The van der Waals surface area contributed by atoms with E-state index in [1.54, 1.807) is 0 Å². The van der Waals surface area contributed by atoms with Crippen LogP contribution in [0.2, 0.25) is 0 Å². The van der Waals surface area contributed by atoms with Gasteiger partial charge >= 0.3 is 0 Å². The van der Waals surface area contributed by atoms with Crippen molar-refractivity contribution in [2.24, 2.45) is 0 Å². The van der Waals surface area contributed by atoms with Crippen molar-refractivity contribution in [2.45, 2.75) is 51.9 Å². The van der Waals surface area contributed by atoms with Crippen molar-refractivity contribution in [2.75, 3.05) is 19.0 Å². The van der Waals surface area contributed by atoms with Gasteiger partial charge in [0.2, 0.25) is 0 Å². The minimum Gasteiger partial charge on any atom is -0.381 e. The lowest BCUT2D eigenvalue weighted by Gasteiger charge is -2.02. The lowest BCUT2D eigenvalue weighted by atomic mass is 10.1. The largest absolute Gasteiger partial charge is 0.381 e.